The van der Waals surface area contributed by atoms with Gasteiger partial charge in [0, 0.05) is 9.90 Å². The SMILES string of the molecule is C[C@@H](Oc1cccc(Cl)c1)C(=O)Nc1sc2c(c1C(N)=O)CCCCC2. The van der Waals surface area contributed by atoms with Crippen LogP contribution >= 0.6 is 22.9 Å². The molecule has 5 nitrogen and oxygen atoms in total. The summed E-state index contributed by atoms with van der Waals surface area (Å²) in [6.07, 6.45) is 4.28. The van der Waals surface area contributed by atoms with Gasteiger partial charge in [-0.25, -0.2) is 0 Å². The van der Waals surface area contributed by atoms with Gasteiger partial charge in [0.1, 0.15) is 10.8 Å². The third kappa shape index (κ3) is 4.19. The molecule has 1 aromatic heterocycles. The van der Waals surface area contributed by atoms with Crippen molar-refractivity contribution in [2.24, 2.45) is 5.73 Å². The number of benzene rings is 1. The van der Waals surface area contributed by atoms with Gasteiger partial charge >= 0.3 is 0 Å². The minimum Gasteiger partial charge on any atom is -0.481 e. The molecule has 1 aromatic carbocycles. The van der Waals surface area contributed by atoms with Crippen molar-refractivity contribution in [1.82, 2.24) is 0 Å². The maximum absolute atomic E-state index is 12.5. The molecule has 2 amide bonds. The Kier molecular flexibility index (Phi) is 5.84. The molecule has 3 N–H and O–H groups in total. The van der Waals surface area contributed by atoms with E-state index < -0.39 is 12.0 Å². The molecule has 0 fully saturated rings. The summed E-state index contributed by atoms with van der Waals surface area (Å²) in [7, 11) is 0. The van der Waals surface area contributed by atoms with Crippen molar-refractivity contribution in [3.8, 4) is 5.75 Å². The molecule has 138 valence electrons. The monoisotopic (exact) mass is 392 g/mol. The number of hydrogen-bond donors (Lipinski definition) is 2. The van der Waals surface area contributed by atoms with Crippen LogP contribution in [0.15, 0.2) is 24.3 Å². The lowest BCUT2D eigenvalue weighted by Crippen LogP contribution is -2.30. The standard InChI is InChI=1S/C19H21ClN2O3S/c1-11(25-13-7-5-6-12(20)10-13)18(24)22-19-16(17(21)23)14-8-3-2-4-9-15(14)26-19/h5-7,10-11H,2-4,8-9H2,1H3,(H2,21,23)(H,22,24)/t11-/m1/s1. The van der Waals surface area contributed by atoms with E-state index in [2.05, 4.69) is 5.32 Å². The molecule has 0 bridgehead atoms. The molecule has 0 unspecified atom stereocenters. The molecular formula is C19H21ClN2O3S. The number of carbonyl (C=O) groups is 2. The number of hydrogen-bond acceptors (Lipinski definition) is 4. The van der Waals surface area contributed by atoms with E-state index in [-0.39, 0.29) is 5.91 Å². The average Bonchev–Trinajstić information content (AvgIpc) is 2.76. The zero-order valence-electron chi connectivity index (χ0n) is 14.5. The van der Waals surface area contributed by atoms with Crippen molar-refractivity contribution in [3.63, 3.8) is 0 Å². The Morgan fingerprint density at radius 2 is 2.04 bits per heavy atom. The molecule has 2 aromatic rings. The number of carbonyl (C=O) groups excluding carboxylic acids is 2. The Labute approximate surface area is 161 Å². The fourth-order valence-electron chi connectivity index (χ4n) is 3.10. The predicted molar refractivity (Wildman–Crippen MR) is 104 cm³/mol. The lowest BCUT2D eigenvalue weighted by molar-refractivity contribution is -0.122. The number of anilines is 1. The first-order valence-corrected chi connectivity index (χ1v) is 9.82. The molecule has 3 rings (SSSR count). The summed E-state index contributed by atoms with van der Waals surface area (Å²) >= 11 is 7.38. The first kappa shape index (κ1) is 18.7. The van der Waals surface area contributed by atoms with Gasteiger partial charge in [0.2, 0.25) is 0 Å². The number of thiophene rings is 1. The van der Waals surface area contributed by atoms with E-state index in [9.17, 15) is 9.59 Å². The Hall–Kier alpha value is -2.05. The van der Waals surface area contributed by atoms with Crippen LogP contribution in [-0.4, -0.2) is 17.9 Å². The van der Waals surface area contributed by atoms with Crippen LogP contribution in [0.25, 0.3) is 0 Å². The minimum absolute atomic E-state index is 0.330. The maximum Gasteiger partial charge on any atom is 0.265 e. The zero-order chi connectivity index (χ0) is 18.7. The van der Waals surface area contributed by atoms with E-state index in [1.807, 2.05) is 0 Å². The average molecular weight is 393 g/mol. The van der Waals surface area contributed by atoms with E-state index in [0.29, 0.717) is 21.3 Å². The lowest BCUT2D eigenvalue weighted by atomic mass is 10.1. The number of aryl methyl sites for hydroxylation is 1. The maximum atomic E-state index is 12.5. The Bertz CT molecular complexity index is 834. The van der Waals surface area contributed by atoms with E-state index in [1.165, 1.54) is 11.3 Å². The molecule has 0 spiro atoms. The van der Waals surface area contributed by atoms with Gasteiger partial charge in [-0.15, -0.1) is 11.3 Å². The molecule has 7 heteroatoms. The van der Waals surface area contributed by atoms with Crippen molar-refractivity contribution >= 4 is 39.8 Å². The Morgan fingerprint density at radius 1 is 1.27 bits per heavy atom. The molecule has 0 saturated heterocycles. The highest BCUT2D eigenvalue weighted by Crippen LogP contribution is 2.37. The highest BCUT2D eigenvalue weighted by Gasteiger charge is 2.25. The molecular weight excluding hydrogens is 372 g/mol. The van der Waals surface area contributed by atoms with Gasteiger partial charge in [0.25, 0.3) is 11.8 Å². The second-order valence-electron chi connectivity index (χ2n) is 6.34. The van der Waals surface area contributed by atoms with Crippen LogP contribution in [0.1, 0.15) is 47.0 Å². The van der Waals surface area contributed by atoms with Gasteiger partial charge in [0.15, 0.2) is 6.10 Å². The number of primary amides is 1. The van der Waals surface area contributed by atoms with Gasteiger partial charge in [0.05, 0.1) is 5.56 Å². The van der Waals surface area contributed by atoms with E-state index in [0.717, 1.165) is 42.5 Å². The fourth-order valence-corrected chi connectivity index (χ4v) is 4.58. The third-order valence-corrected chi connectivity index (χ3v) is 5.82. The van der Waals surface area contributed by atoms with Crippen molar-refractivity contribution in [3.05, 3.63) is 45.3 Å². The van der Waals surface area contributed by atoms with E-state index >= 15 is 0 Å². The number of rotatable bonds is 5. The molecule has 1 aliphatic rings. The topological polar surface area (TPSA) is 81.4 Å². The summed E-state index contributed by atoms with van der Waals surface area (Å²) < 4.78 is 5.64. The first-order valence-electron chi connectivity index (χ1n) is 8.63. The second-order valence-corrected chi connectivity index (χ2v) is 7.88. The molecule has 1 aliphatic carbocycles. The second kappa shape index (κ2) is 8.10. The summed E-state index contributed by atoms with van der Waals surface area (Å²) in [6.45, 7) is 1.65. The lowest BCUT2D eigenvalue weighted by Gasteiger charge is -2.15. The smallest absolute Gasteiger partial charge is 0.265 e. The van der Waals surface area contributed by atoms with Crippen molar-refractivity contribution in [1.29, 1.82) is 0 Å². The normalized spacial score (nSPS) is 14.8. The number of ether oxygens (including phenoxy) is 1. The number of fused-ring (bicyclic) bond motifs is 1. The molecule has 26 heavy (non-hydrogen) atoms. The fraction of sp³-hybridized carbons (Fsp3) is 0.368. The van der Waals surface area contributed by atoms with Crippen LogP contribution in [-0.2, 0) is 17.6 Å². The van der Waals surface area contributed by atoms with Crippen LogP contribution in [0.5, 0.6) is 5.75 Å². The van der Waals surface area contributed by atoms with Crippen LogP contribution in [0.3, 0.4) is 0 Å². The van der Waals surface area contributed by atoms with Gasteiger partial charge < -0.3 is 15.8 Å². The largest absolute Gasteiger partial charge is 0.481 e. The summed E-state index contributed by atoms with van der Waals surface area (Å²) in [5.41, 5.74) is 7.05. The minimum atomic E-state index is -0.740. The van der Waals surface area contributed by atoms with Crippen LogP contribution in [0, 0.1) is 0 Å². The molecule has 0 saturated carbocycles. The Morgan fingerprint density at radius 3 is 2.77 bits per heavy atom. The number of nitrogens with two attached hydrogens (primary N) is 1. The summed E-state index contributed by atoms with van der Waals surface area (Å²) in [5.74, 6) is -0.316. The van der Waals surface area contributed by atoms with Gasteiger partial charge in [-0.3, -0.25) is 9.59 Å². The predicted octanol–water partition coefficient (Wildman–Crippen LogP) is 4.18. The van der Waals surface area contributed by atoms with Crippen LogP contribution in [0.2, 0.25) is 5.02 Å². The zero-order valence-corrected chi connectivity index (χ0v) is 16.1. The summed E-state index contributed by atoms with van der Waals surface area (Å²) in [4.78, 5) is 25.7. The summed E-state index contributed by atoms with van der Waals surface area (Å²) in [5, 5.41) is 3.88. The molecule has 1 atom stereocenters. The van der Waals surface area contributed by atoms with Gasteiger partial charge in [-0.1, -0.05) is 24.1 Å². The highest BCUT2D eigenvalue weighted by molar-refractivity contribution is 7.17. The molecule has 1 heterocycles. The highest BCUT2D eigenvalue weighted by atomic mass is 35.5. The number of amides is 2. The van der Waals surface area contributed by atoms with Crippen molar-refractivity contribution in [2.75, 3.05) is 5.32 Å². The van der Waals surface area contributed by atoms with E-state index in [4.69, 9.17) is 22.1 Å². The van der Waals surface area contributed by atoms with Crippen molar-refractivity contribution < 1.29 is 14.3 Å². The molecule has 0 aliphatic heterocycles. The first-order chi connectivity index (χ1) is 12.5. The quantitative estimate of drug-likeness (QED) is 0.749. The van der Waals surface area contributed by atoms with Gasteiger partial charge in [-0.05, 0) is 56.4 Å². The molecule has 0 radical (unpaired) electrons. The third-order valence-electron chi connectivity index (χ3n) is 4.38. The Balaban J connectivity index is 1.77. The number of nitrogens with one attached hydrogen (secondary N) is 1. The van der Waals surface area contributed by atoms with Crippen molar-refractivity contribution in [2.45, 2.75) is 45.1 Å². The summed E-state index contributed by atoms with van der Waals surface area (Å²) in [6, 6.07) is 6.87. The van der Waals surface area contributed by atoms with Crippen LogP contribution in [0.4, 0.5) is 5.00 Å². The van der Waals surface area contributed by atoms with E-state index in [1.54, 1.807) is 31.2 Å². The number of halogens is 1. The van der Waals surface area contributed by atoms with Gasteiger partial charge in [-0.2, -0.15) is 0 Å². The van der Waals surface area contributed by atoms with Crippen LogP contribution < -0.4 is 15.8 Å².